The van der Waals surface area contributed by atoms with E-state index in [1.165, 1.54) is 6.07 Å². The number of nitrogens with zero attached hydrogens (tertiary/aromatic N) is 2. The van der Waals surface area contributed by atoms with Crippen molar-refractivity contribution >= 4 is 5.69 Å². The number of nitrogens with two attached hydrogens (primary N) is 1. The first-order valence-corrected chi connectivity index (χ1v) is 3.45. The normalized spacial score (nSPS) is 10.9. The van der Waals surface area contributed by atoms with Gasteiger partial charge in [-0.1, -0.05) is 0 Å². The molecule has 2 N–H and O–H groups in total. The summed E-state index contributed by atoms with van der Waals surface area (Å²) < 4.78 is 51.3. The lowest BCUT2D eigenvalue weighted by atomic mass is 10.3. The molecule has 0 fully saturated rings. The number of ether oxygens (including phenoxy) is 1. The third-order valence-electron chi connectivity index (χ3n) is 1.30. The van der Waals surface area contributed by atoms with Gasteiger partial charge in [0.25, 0.3) is 0 Å². The molecule has 0 bridgehead atoms. The molecule has 4 nitrogen and oxygen atoms in total. The molecule has 1 heterocycles. The van der Waals surface area contributed by atoms with Crippen LogP contribution in [-0.2, 0) is 0 Å². The summed E-state index contributed by atoms with van der Waals surface area (Å²) in [5.41, 5.74) is 3.89. The van der Waals surface area contributed by atoms with Crippen molar-refractivity contribution in [2.45, 2.75) is 6.36 Å². The number of pyridine rings is 1. The monoisotopic (exact) mass is 221 g/mol. The fourth-order valence-electron chi connectivity index (χ4n) is 0.758. The minimum Gasteiger partial charge on any atom is -0.395 e. The molecule has 0 unspecified atom stereocenters. The van der Waals surface area contributed by atoms with Crippen molar-refractivity contribution in [1.29, 1.82) is 5.26 Å². The average Bonchev–Trinajstić information content (AvgIpc) is 2.08. The summed E-state index contributed by atoms with van der Waals surface area (Å²) in [6, 6.07) is 2.06. The summed E-state index contributed by atoms with van der Waals surface area (Å²) in [6.07, 6.45) is -5.04. The van der Waals surface area contributed by atoms with Crippen LogP contribution < -0.4 is 10.5 Å². The summed E-state index contributed by atoms with van der Waals surface area (Å²) in [5.74, 6) is -2.48. The molecular weight excluding hydrogens is 218 g/mol. The first-order valence-electron chi connectivity index (χ1n) is 3.45. The molecule has 0 atom stereocenters. The number of aromatic nitrogens is 1. The van der Waals surface area contributed by atoms with Crippen LogP contribution in [0.5, 0.6) is 5.88 Å². The highest BCUT2D eigenvalue weighted by molar-refractivity contribution is 5.49. The van der Waals surface area contributed by atoms with Crippen LogP contribution in [0.25, 0.3) is 0 Å². The maximum Gasteiger partial charge on any atom is 0.574 e. The standard InChI is InChI=1S/C7H3F4N3O/c8-5-4(13)1-3(2-12)6(14-5)15-7(9,10)11/h1H,13H2. The number of alkyl halides is 3. The number of hydrogen-bond acceptors (Lipinski definition) is 4. The molecule has 0 aliphatic rings. The van der Waals surface area contributed by atoms with E-state index in [2.05, 4.69) is 9.72 Å². The first-order chi connectivity index (χ1) is 6.83. The zero-order chi connectivity index (χ0) is 11.6. The minimum atomic E-state index is -5.04. The molecule has 1 aromatic heterocycles. The van der Waals surface area contributed by atoms with E-state index in [4.69, 9.17) is 11.0 Å². The van der Waals surface area contributed by atoms with E-state index in [9.17, 15) is 17.6 Å². The molecule has 1 aromatic rings. The largest absolute Gasteiger partial charge is 0.574 e. The molecule has 0 aromatic carbocycles. The minimum absolute atomic E-state index is 0.527. The molecule has 15 heavy (non-hydrogen) atoms. The number of anilines is 1. The SMILES string of the molecule is N#Cc1cc(N)c(F)nc1OC(F)(F)F. The van der Waals surface area contributed by atoms with Crippen molar-refractivity contribution < 1.29 is 22.3 Å². The lowest BCUT2D eigenvalue weighted by Gasteiger charge is -2.09. The van der Waals surface area contributed by atoms with Crippen LogP contribution in [-0.4, -0.2) is 11.3 Å². The van der Waals surface area contributed by atoms with E-state index in [1.54, 1.807) is 0 Å². The van der Waals surface area contributed by atoms with E-state index in [-0.39, 0.29) is 0 Å². The van der Waals surface area contributed by atoms with E-state index in [0.717, 1.165) is 0 Å². The Morgan fingerprint density at radius 1 is 1.47 bits per heavy atom. The Bertz CT molecular complexity index is 423. The van der Waals surface area contributed by atoms with E-state index in [1.807, 2.05) is 0 Å². The van der Waals surface area contributed by atoms with Crippen molar-refractivity contribution in [2.75, 3.05) is 5.73 Å². The molecule has 0 aliphatic carbocycles. The van der Waals surface area contributed by atoms with Crippen molar-refractivity contribution in [3.8, 4) is 11.9 Å². The van der Waals surface area contributed by atoms with Gasteiger partial charge in [0.05, 0.1) is 5.69 Å². The van der Waals surface area contributed by atoms with E-state index >= 15 is 0 Å². The van der Waals surface area contributed by atoms with Crippen LogP contribution in [0, 0.1) is 17.3 Å². The second-order valence-corrected chi connectivity index (χ2v) is 2.38. The quantitative estimate of drug-likeness (QED) is 0.577. The van der Waals surface area contributed by atoms with E-state index < -0.39 is 29.4 Å². The topological polar surface area (TPSA) is 71.9 Å². The average molecular weight is 221 g/mol. The van der Waals surface area contributed by atoms with Gasteiger partial charge in [-0.25, -0.2) is 0 Å². The fourth-order valence-corrected chi connectivity index (χ4v) is 0.758. The van der Waals surface area contributed by atoms with E-state index in [0.29, 0.717) is 6.07 Å². The van der Waals surface area contributed by atoms with Gasteiger partial charge in [0.2, 0.25) is 11.8 Å². The lowest BCUT2D eigenvalue weighted by Crippen LogP contribution is -2.19. The summed E-state index contributed by atoms with van der Waals surface area (Å²) >= 11 is 0. The third kappa shape index (κ3) is 2.70. The Labute approximate surface area is 80.9 Å². The van der Waals surface area contributed by atoms with Crippen molar-refractivity contribution in [3.05, 3.63) is 17.6 Å². The Balaban J connectivity index is 3.18. The molecule has 0 saturated heterocycles. The van der Waals surface area contributed by atoms with Crippen LogP contribution in [0.15, 0.2) is 6.07 Å². The maximum atomic E-state index is 12.7. The van der Waals surface area contributed by atoms with Gasteiger partial charge in [0, 0.05) is 0 Å². The van der Waals surface area contributed by atoms with Crippen LogP contribution in [0.2, 0.25) is 0 Å². The number of hydrogen-bond donors (Lipinski definition) is 1. The third-order valence-corrected chi connectivity index (χ3v) is 1.30. The number of rotatable bonds is 1. The lowest BCUT2D eigenvalue weighted by molar-refractivity contribution is -0.276. The molecule has 0 spiro atoms. The van der Waals surface area contributed by atoms with Gasteiger partial charge in [-0.15, -0.1) is 13.2 Å². The van der Waals surface area contributed by atoms with Gasteiger partial charge in [-0.2, -0.15) is 14.6 Å². The molecule has 80 valence electrons. The Hall–Kier alpha value is -2.04. The molecule has 0 saturated carbocycles. The molecule has 1 rings (SSSR count). The summed E-state index contributed by atoms with van der Waals surface area (Å²) in [4.78, 5) is 2.77. The van der Waals surface area contributed by atoms with Crippen LogP contribution in [0.4, 0.5) is 23.2 Å². The van der Waals surface area contributed by atoms with Gasteiger partial charge in [0.15, 0.2) is 0 Å². The van der Waals surface area contributed by atoms with Crippen LogP contribution >= 0.6 is 0 Å². The number of halogens is 4. The van der Waals surface area contributed by atoms with Gasteiger partial charge >= 0.3 is 6.36 Å². The van der Waals surface area contributed by atoms with Crippen molar-refractivity contribution in [1.82, 2.24) is 4.98 Å². The molecule has 8 heteroatoms. The maximum absolute atomic E-state index is 12.7. The van der Waals surface area contributed by atoms with Crippen molar-refractivity contribution in [2.24, 2.45) is 0 Å². The zero-order valence-corrected chi connectivity index (χ0v) is 6.97. The van der Waals surface area contributed by atoms with Crippen molar-refractivity contribution in [3.63, 3.8) is 0 Å². The second-order valence-electron chi connectivity index (χ2n) is 2.38. The molecule has 0 aliphatic heterocycles. The van der Waals surface area contributed by atoms with Gasteiger partial charge in [-0.05, 0) is 6.07 Å². The van der Waals surface area contributed by atoms with Crippen LogP contribution in [0.3, 0.4) is 0 Å². The van der Waals surface area contributed by atoms with Gasteiger partial charge < -0.3 is 10.5 Å². The second kappa shape index (κ2) is 3.61. The number of nitrogen functional groups attached to an aromatic ring is 1. The molecular formula is C7H3F4N3O. The zero-order valence-electron chi connectivity index (χ0n) is 6.97. The highest BCUT2D eigenvalue weighted by Crippen LogP contribution is 2.26. The summed E-state index contributed by atoms with van der Waals surface area (Å²) in [6.45, 7) is 0. The van der Waals surface area contributed by atoms with Gasteiger partial charge in [0.1, 0.15) is 11.6 Å². The highest BCUT2D eigenvalue weighted by Gasteiger charge is 2.33. The molecule has 0 radical (unpaired) electrons. The highest BCUT2D eigenvalue weighted by atomic mass is 19.4. The summed E-state index contributed by atoms with van der Waals surface area (Å²) in [7, 11) is 0. The van der Waals surface area contributed by atoms with Crippen LogP contribution in [0.1, 0.15) is 5.56 Å². The Kier molecular flexibility index (Phi) is 2.65. The Morgan fingerprint density at radius 2 is 2.07 bits per heavy atom. The predicted molar refractivity (Wildman–Crippen MR) is 40.0 cm³/mol. The Morgan fingerprint density at radius 3 is 2.53 bits per heavy atom. The predicted octanol–water partition coefficient (Wildman–Crippen LogP) is 1.57. The molecule has 0 amide bonds. The number of nitriles is 1. The smallest absolute Gasteiger partial charge is 0.395 e. The fraction of sp³-hybridized carbons (Fsp3) is 0.143. The van der Waals surface area contributed by atoms with Gasteiger partial charge in [-0.3, -0.25) is 0 Å². The first kappa shape index (κ1) is 11.0. The summed E-state index contributed by atoms with van der Waals surface area (Å²) in [5, 5.41) is 8.42.